The van der Waals surface area contributed by atoms with Gasteiger partial charge in [0, 0.05) is 17.7 Å². The molecule has 1 aromatic heterocycles. The first kappa shape index (κ1) is 34.1. The Hall–Kier alpha value is -5.07. The molecule has 0 bridgehead atoms. The Kier molecular flexibility index (Phi) is 14.0. The first-order valence-electron chi connectivity index (χ1n) is 13.0. The molecule has 13 heteroatoms. The van der Waals surface area contributed by atoms with E-state index >= 15 is 0 Å². The number of aliphatic carboxylic acids is 1. The van der Waals surface area contributed by atoms with Crippen molar-refractivity contribution in [1.29, 1.82) is 0 Å². The third kappa shape index (κ3) is 13.0. The Morgan fingerprint density at radius 3 is 1.79 bits per heavy atom. The fraction of sp³-hybridized carbons (Fsp3) is 0.267. The van der Waals surface area contributed by atoms with Crippen LogP contribution in [0.1, 0.15) is 41.8 Å². The number of guanidine groups is 1. The number of alkyl halides is 3. The molecule has 0 fully saturated rings. The molecule has 10 nitrogen and oxygen atoms in total. The van der Waals surface area contributed by atoms with Gasteiger partial charge in [0.2, 0.25) is 0 Å². The summed E-state index contributed by atoms with van der Waals surface area (Å²) in [6.45, 7) is 1.11. The fourth-order valence-electron chi connectivity index (χ4n) is 3.42. The van der Waals surface area contributed by atoms with Crippen LogP contribution in [0.25, 0.3) is 24.3 Å². The number of carbonyl (C=O) groups is 1. The topological polar surface area (TPSA) is 155 Å². The monoisotopic (exact) mass is 601 g/mol. The maximum absolute atomic E-state index is 10.6. The third-order valence-electron chi connectivity index (χ3n) is 5.46. The van der Waals surface area contributed by atoms with Gasteiger partial charge in [0.15, 0.2) is 5.96 Å². The van der Waals surface area contributed by atoms with Gasteiger partial charge in [0.05, 0.1) is 32.2 Å². The van der Waals surface area contributed by atoms with Gasteiger partial charge in [0.1, 0.15) is 11.5 Å². The number of aliphatic imine (C=N–C) groups is 1. The molecular weight excluding hydrogens is 567 g/mol. The maximum atomic E-state index is 10.6. The van der Waals surface area contributed by atoms with Crippen LogP contribution in [0.15, 0.2) is 59.6 Å². The van der Waals surface area contributed by atoms with Crippen LogP contribution in [0.4, 0.5) is 13.2 Å². The molecule has 0 spiro atoms. The van der Waals surface area contributed by atoms with E-state index in [1.165, 1.54) is 0 Å². The maximum Gasteiger partial charge on any atom is 0.490 e. The van der Waals surface area contributed by atoms with Gasteiger partial charge in [0.25, 0.3) is 0 Å². The predicted octanol–water partition coefficient (Wildman–Crippen LogP) is 5.29. The Morgan fingerprint density at radius 1 is 0.860 bits per heavy atom. The Morgan fingerprint density at radius 2 is 1.35 bits per heavy atom. The molecule has 0 atom stereocenters. The number of halogens is 3. The predicted molar refractivity (Wildman–Crippen MR) is 160 cm³/mol. The molecule has 1 heterocycles. The van der Waals surface area contributed by atoms with Crippen molar-refractivity contribution in [3.63, 3.8) is 0 Å². The molecule has 230 valence electrons. The molecule has 0 aliphatic heterocycles. The van der Waals surface area contributed by atoms with Crippen LogP contribution >= 0.6 is 0 Å². The van der Waals surface area contributed by atoms with Crippen molar-refractivity contribution >= 4 is 36.2 Å². The van der Waals surface area contributed by atoms with Crippen LogP contribution < -0.4 is 25.7 Å². The summed E-state index contributed by atoms with van der Waals surface area (Å²) in [5.74, 6) is -1.06. The van der Waals surface area contributed by atoms with Gasteiger partial charge >= 0.3 is 18.2 Å². The molecule has 0 saturated carbocycles. The standard InChI is InChI=1S/C28H33N5O3.C2HF3O2/c1-34-25-12-6-4-10-21(25)14-16-23-20-24(17-15-22-11-5-7-13-26(22)35-2)33-28(32-23)36-19-9-3-8-18-31-27(29)30;3-2(4,5)1(6)7/h4-7,10-17,20H,3,8-9,18-19H2,1-2H3,(H4,29,30,31);(H,6,7). The van der Waals surface area contributed by atoms with Crippen molar-refractivity contribution in [3.8, 4) is 17.5 Å². The highest BCUT2D eigenvalue weighted by atomic mass is 19.4. The van der Waals surface area contributed by atoms with E-state index in [1.54, 1.807) is 14.2 Å². The van der Waals surface area contributed by atoms with Crippen LogP contribution in [-0.4, -0.2) is 60.6 Å². The Balaban J connectivity index is 0.000000821. The van der Waals surface area contributed by atoms with Gasteiger partial charge in [-0.15, -0.1) is 0 Å². The number of benzene rings is 2. The van der Waals surface area contributed by atoms with Crippen molar-refractivity contribution < 1.29 is 37.3 Å². The second-order valence-corrected chi connectivity index (χ2v) is 8.67. The highest BCUT2D eigenvalue weighted by Gasteiger charge is 2.38. The normalized spacial score (nSPS) is 11.1. The number of ether oxygens (including phenoxy) is 3. The number of methoxy groups -OCH3 is 2. The summed E-state index contributed by atoms with van der Waals surface area (Å²) in [7, 11) is 3.31. The van der Waals surface area contributed by atoms with E-state index in [0.29, 0.717) is 19.2 Å². The number of hydrogen-bond donors (Lipinski definition) is 3. The average molecular weight is 602 g/mol. The second-order valence-electron chi connectivity index (χ2n) is 8.67. The lowest BCUT2D eigenvalue weighted by Gasteiger charge is -2.07. The highest BCUT2D eigenvalue weighted by molar-refractivity contribution is 5.76. The number of aromatic nitrogens is 2. The van der Waals surface area contributed by atoms with E-state index in [4.69, 9.17) is 35.6 Å². The molecule has 43 heavy (non-hydrogen) atoms. The van der Waals surface area contributed by atoms with Gasteiger partial charge in [-0.3, -0.25) is 4.99 Å². The lowest BCUT2D eigenvalue weighted by atomic mass is 10.1. The highest BCUT2D eigenvalue weighted by Crippen LogP contribution is 2.22. The lowest BCUT2D eigenvalue weighted by Crippen LogP contribution is -2.22. The van der Waals surface area contributed by atoms with Crippen molar-refractivity contribution in [2.75, 3.05) is 27.4 Å². The molecule has 0 radical (unpaired) electrons. The number of rotatable bonds is 13. The van der Waals surface area contributed by atoms with Gasteiger partial charge in [-0.2, -0.15) is 23.1 Å². The summed E-state index contributed by atoms with van der Waals surface area (Å²) in [6, 6.07) is 17.8. The van der Waals surface area contributed by atoms with Crippen molar-refractivity contribution in [1.82, 2.24) is 9.97 Å². The summed E-state index contributed by atoms with van der Waals surface area (Å²) in [5.41, 5.74) is 14.1. The van der Waals surface area contributed by atoms with Crippen molar-refractivity contribution in [2.24, 2.45) is 16.5 Å². The Labute approximate surface area is 247 Å². The van der Waals surface area contributed by atoms with Crippen LogP contribution in [0.2, 0.25) is 0 Å². The zero-order valence-electron chi connectivity index (χ0n) is 23.8. The molecule has 0 aliphatic rings. The largest absolute Gasteiger partial charge is 0.496 e. The van der Waals surface area contributed by atoms with Crippen LogP contribution in [-0.2, 0) is 4.79 Å². The molecule has 2 aromatic carbocycles. The van der Waals surface area contributed by atoms with Crippen molar-refractivity contribution in [2.45, 2.75) is 25.4 Å². The number of nitrogens with two attached hydrogens (primary N) is 2. The van der Waals surface area contributed by atoms with E-state index in [2.05, 4.69) is 15.0 Å². The minimum atomic E-state index is -5.08. The smallest absolute Gasteiger partial charge is 0.490 e. The first-order valence-corrected chi connectivity index (χ1v) is 13.0. The third-order valence-corrected chi connectivity index (χ3v) is 5.46. The summed E-state index contributed by atoms with van der Waals surface area (Å²) in [6.07, 6.45) is 5.34. The molecule has 3 aromatic rings. The second kappa shape index (κ2) is 17.7. The number of carboxylic acids is 1. The minimum absolute atomic E-state index is 0.117. The summed E-state index contributed by atoms with van der Waals surface area (Å²) in [5, 5.41) is 7.12. The average Bonchev–Trinajstić information content (AvgIpc) is 2.98. The lowest BCUT2D eigenvalue weighted by molar-refractivity contribution is -0.192. The number of para-hydroxylation sites is 2. The van der Waals surface area contributed by atoms with E-state index < -0.39 is 12.1 Å². The molecule has 0 saturated heterocycles. The summed E-state index contributed by atoms with van der Waals surface area (Å²) in [4.78, 5) is 22.0. The molecule has 5 N–H and O–H groups in total. The van der Waals surface area contributed by atoms with Crippen LogP contribution in [0.3, 0.4) is 0 Å². The Bertz CT molecular complexity index is 1330. The zero-order valence-corrected chi connectivity index (χ0v) is 23.8. The van der Waals surface area contributed by atoms with Gasteiger partial charge in [-0.1, -0.05) is 36.4 Å². The number of nitrogens with zero attached hydrogens (tertiary/aromatic N) is 3. The van der Waals surface area contributed by atoms with E-state index in [-0.39, 0.29) is 5.96 Å². The SMILES string of the molecule is COc1ccccc1C=Cc1cc(C=Cc2ccccc2OC)nc(OCCCCCN=C(N)N)n1.O=C(O)C(F)(F)F. The molecule has 0 unspecified atom stereocenters. The summed E-state index contributed by atoms with van der Waals surface area (Å²) >= 11 is 0. The van der Waals surface area contributed by atoms with Gasteiger partial charge in [-0.25, -0.2) is 4.79 Å². The van der Waals surface area contributed by atoms with Gasteiger partial charge in [-0.05, 0) is 61.8 Å². The van der Waals surface area contributed by atoms with Crippen LogP contribution in [0.5, 0.6) is 17.5 Å². The van der Waals surface area contributed by atoms with Crippen molar-refractivity contribution in [3.05, 3.63) is 77.1 Å². The minimum Gasteiger partial charge on any atom is -0.496 e. The van der Waals surface area contributed by atoms with E-state index in [0.717, 1.165) is 53.3 Å². The fourth-order valence-corrected chi connectivity index (χ4v) is 3.42. The van der Waals surface area contributed by atoms with Crippen LogP contribution in [0, 0.1) is 0 Å². The van der Waals surface area contributed by atoms with E-state index in [1.807, 2.05) is 78.9 Å². The quantitative estimate of drug-likeness (QED) is 0.135. The summed E-state index contributed by atoms with van der Waals surface area (Å²) < 4.78 is 48.5. The number of hydrogen-bond acceptors (Lipinski definition) is 7. The number of unbranched alkanes of at least 4 members (excludes halogenated alkanes) is 2. The first-order chi connectivity index (χ1) is 20.5. The molecule has 0 amide bonds. The zero-order chi connectivity index (χ0) is 31.7. The van der Waals surface area contributed by atoms with Gasteiger partial charge < -0.3 is 30.8 Å². The number of carboxylic acid groups (broad SMARTS) is 1. The molecule has 3 rings (SSSR count). The molecular formula is C30H34F3N5O5. The molecule has 0 aliphatic carbocycles. The van der Waals surface area contributed by atoms with E-state index in [9.17, 15) is 13.2 Å².